The molecule has 0 unspecified atom stereocenters. The number of carbonyl (C=O) groups is 1. The van der Waals surface area contributed by atoms with Crippen LogP contribution in [0.2, 0.25) is 5.02 Å². The minimum atomic E-state index is -3.86. The largest absolute Gasteiger partial charge is 0.441 e. The number of aryl methyl sites for hydroxylation is 1. The Morgan fingerprint density at radius 3 is 2.82 bits per heavy atom. The normalized spacial score (nSPS) is 15.2. The average Bonchev–Trinajstić information content (AvgIpc) is 3.42. The lowest BCUT2D eigenvalue weighted by Crippen LogP contribution is -2.20. The number of anilines is 1. The van der Waals surface area contributed by atoms with Gasteiger partial charge in [-0.25, -0.2) is 4.98 Å². The van der Waals surface area contributed by atoms with Gasteiger partial charge in [-0.15, -0.1) is 4.40 Å². The molecule has 2 aromatic carbocycles. The molecule has 0 bridgehead atoms. The Kier molecular flexibility index (Phi) is 6.80. The van der Waals surface area contributed by atoms with E-state index in [0.717, 1.165) is 18.5 Å². The molecule has 0 aliphatic carbocycles. The molecule has 0 saturated carbocycles. The Morgan fingerprint density at radius 2 is 2.06 bits per heavy atom. The summed E-state index contributed by atoms with van der Waals surface area (Å²) in [6.45, 7) is 0.787. The van der Waals surface area contributed by atoms with E-state index >= 15 is 0 Å². The number of carbonyl (C=O) groups excluding carboxylic acids is 1. The summed E-state index contributed by atoms with van der Waals surface area (Å²) in [5.74, 6) is 1.20. The number of halogens is 1. The first-order valence-electron chi connectivity index (χ1n) is 10.5. The van der Waals surface area contributed by atoms with Crippen LogP contribution in [-0.2, 0) is 21.2 Å². The van der Waals surface area contributed by atoms with Crippen molar-refractivity contribution in [3.63, 3.8) is 0 Å². The van der Waals surface area contributed by atoms with Crippen LogP contribution in [0.25, 0.3) is 11.3 Å². The number of aromatic nitrogens is 1. The molecule has 1 saturated heterocycles. The van der Waals surface area contributed by atoms with Crippen LogP contribution in [0.4, 0.5) is 5.69 Å². The minimum absolute atomic E-state index is 0.0326. The second kappa shape index (κ2) is 9.76. The lowest BCUT2D eigenvalue weighted by molar-refractivity contribution is -0.116. The number of nitrogens with zero attached hydrogens (tertiary/aromatic N) is 3. The third-order valence-electron chi connectivity index (χ3n) is 5.23. The number of amidine groups is 1. The highest BCUT2D eigenvalue weighted by Gasteiger charge is 2.20. The smallest absolute Gasteiger partial charge is 0.284 e. The molecular formula is C23H23ClN4O4S. The fraction of sp³-hybridized carbons (Fsp3) is 0.261. The van der Waals surface area contributed by atoms with Crippen molar-refractivity contribution in [1.82, 2.24) is 9.88 Å². The summed E-state index contributed by atoms with van der Waals surface area (Å²) < 4.78 is 35.0. The number of nitrogens with one attached hydrogen (secondary N) is 1. The third kappa shape index (κ3) is 5.61. The Balaban J connectivity index is 1.38. The van der Waals surface area contributed by atoms with Gasteiger partial charge >= 0.3 is 0 Å². The van der Waals surface area contributed by atoms with Crippen molar-refractivity contribution in [1.29, 1.82) is 0 Å². The lowest BCUT2D eigenvalue weighted by atomic mass is 10.2. The van der Waals surface area contributed by atoms with E-state index in [1.807, 2.05) is 30.1 Å². The summed E-state index contributed by atoms with van der Waals surface area (Å²) in [6, 6.07) is 13.4. The van der Waals surface area contributed by atoms with Crippen molar-refractivity contribution in [3.8, 4) is 11.3 Å². The molecule has 1 aliphatic heterocycles. The number of rotatable bonds is 7. The number of oxazole rings is 1. The second-order valence-corrected chi connectivity index (χ2v) is 9.69. The van der Waals surface area contributed by atoms with Gasteiger partial charge in [-0.2, -0.15) is 8.42 Å². The summed E-state index contributed by atoms with van der Waals surface area (Å²) in [7, 11) is -2.04. The van der Waals surface area contributed by atoms with Gasteiger partial charge in [0.2, 0.25) is 5.91 Å². The molecule has 1 amide bonds. The van der Waals surface area contributed by atoms with Gasteiger partial charge in [0.25, 0.3) is 10.0 Å². The maximum Gasteiger partial charge on any atom is 0.284 e. The summed E-state index contributed by atoms with van der Waals surface area (Å²) in [6.07, 6.45) is 3.49. The molecule has 4 rings (SSSR count). The summed E-state index contributed by atoms with van der Waals surface area (Å²) in [4.78, 5) is 18.5. The van der Waals surface area contributed by atoms with Gasteiger partial charge in [-0.05, 0) is 36.8 Å². The number of hydrogen-bond acceptors (Lipinski definition) is 5. The Morgan fingerprint density at radius 1 is 1.24 bits per heavy atom. The molecule has 0 atom stereocenters. The molecule has 2 heterocycles. The highest BCUT2D eigenvalue weighted by atomic mass is 35.5. The van der Waals surface area contributed by atoms with E-state index in [1.165, 1.54) is 12.1 Å². The van der Waals surface area contributed by atoms with E-state index in [-0.39, 0.29) is 23.6 Å². The predicted octanol–water partition coefficient (Wildman–Crippen LogP) is 4.38. The van der Waals surface area contributed by atoms with Gasteiger partial charge in [0.05, 0.1) is 16.1 Å². The van der Waals surface area contributed by atoms with Crippen LogP contribution in [0.1, 0.15) is 25.2 Å². The van der Waals surface area contributed by atoms with E-state index in [1.54, 1.807) is 24.4 Å². The Bertz CT molecular complexity index is 1300. The first-order valence-corrected chi connectivity index (χ1v) is 12.3. The van der Waals surface area contributed by atoms with Gasteiger partial charge in [-0.1, -0.05) is 29.8 Å². The standard InChI is InChI=1S/C23H23ClN4O4S/c1-28-13-5-10-21(28)27-33(30,31)17-7-4-6-16(14-17)26-22(29)11-12-23-25-15-20(32-23)18-8-2-3-9-19(18)24/h2-4,6-9,14-15H,5,10-13H2,1H3,(H,26,29)/b27-21+. The first kappa shape index (κ1) is 23.0. The van der Waals surface area contributed by atoms with Crippen LogP contribution in [0.5, 0.6) is 0 Å². The zero-order chi connectivity index (χ0) is 23.4. The van der Waals surface area contributed by atoms with Crippen LogP contribution < -0.4 is 5.32 Å². The molecule has 0 radical (unpaired) electrons. The third-order valence-corrected chi connectivity index (χ3v) is 6.86. The number of sulfonamides is 1. The Labute approximate surface area is 197 Å². The molecule has 1 N–H and O–H groups in total. The molecule has 1 aliphatic rings. The van der Waals surface area contributed by atoms with Crippen LogP contribution >= 0.6 is 11.6 Å². The molecule has 172 valence electrons. The molecule has 8 nitrogen and oxygen atoms in total. The van der Waals surface area contributed by atoms with E-state index in [0.29, 0.717) is 34.6 Å². The zero-order valence-corrected chi connectivity index (χ0v) is 19.6. The van der Waals surface area contributed by atoms with Gasteiger partial charge in [0.15, 0.2) is 11.7 Å². The number of hydrogen-bond donors (Lipinski definition) is 1. The van der Waals surface area contributed by atoms with Gasteiger partial charge in [-0.3, -0.25) is 4.79 Å². The Hall–Kier alpha value is -3.17. The van der Waals surface area contributed by atoms with Crippen molar-refractivity contribution < 1.29 is 17.6 Å². The highest BCUT2D eigenvalue weighted by molar-refractivity contribution is 7.90. The molecule has 10 heteroatoms. The SMILES string of the molecule is CN1CCC/C1=N\S(=O)(=O)c1cccc(NC(=O)CCc2ncc(-c3ccccc3Cl)o2)c1. The summed E-state index contributed by atoms with van der Waals surface area (Å²) in [5, 5.41) is 3.28. The number of likely N-dealkylation sites (tertiary alicyclic amines) is 1. The molecule has 1 aromatic heterocycles. The van der Waals surface area contributed by atoms with E-state index in [4.69, 9.17) is 16.0 Å². The number of benzene rings is 2. The van der Waals surface area contributed by atoms with Gasteiger partial charge in [0.1, 0.15) is 5.84 Å². The highest BCUT2D eigenvalue weighted by Crippen LogP contribution is 2.28. The van der Waals surface area contributed by atoms with E-state index in [2.05, 4.69) is 14.7 Å². The van der Waals surface area contributed by atoms with Crippen molar-refractivity contribution in [2.24, 2.45) is 4.40 Å². The van der Waals surface area contributed by atoms with Gasteiger partial charge < -0.3 is 14.6 Å². The minimum Gasteiger partial charge on any atom is -0.441 e. The van der Waals surface area contributed by atoms with Crippen LogP contribution in [0.3, 0.4) is 0 Å². The summed E-state index contributed by atoms with van der Waals surface area (Å²) in [5.41, 5.74) is 1.11. The van der Waals surface area contributed by atoms with Crippen molar-refractivity contribution >= 4 is 39.1 Å². The number of amides is 1. The zero-order valence-electron chi connectivity index (χ0n) is 18.0. The molecule has 33 heavy (non-hydrogen) atoms. The lowest BCUT2D eigenvalue weighted by Gasteiger charge is -2.11. The average molecular weight is 487 g/mol. The van der Waals surface area contributed by atoms with Gasteiger partial charge in [0, 0.05) is 44.1 Å². The molecule has 0 spiro atoms. The first-order chi connectivity index (χ1) is 15.8. The quantitative estimate of drug-likeness (QED) is 0.531. The molecular weight excluding hydrogens is 464 g/mol. The van der Waals surface area contributed by atoms with Crippen molar-refractivity contribution in [3.05, 3.63) is 65.6 Å². The van der Waals surface area contributed by atoms with E-state index < -0.39 is 10.0 Å². The van der Waals surface area contributed by atoms with Crippen molar-refractivity contribution in [2.45, 2.75) is 30.6 Å². The van der Waals surface area contributed by atoms with Crippen molar-refractivity contribution in [2.75, 3.05) is 18.9 Å². The fourth-order valence-corrected chi connectivity index (χ4v) is 4.86. The molecule has 1 fully saturated rings. The summed E-state index contributed by atoms with van der Waals surface area (Å²) >= 11 is 6.18. The van der Waals surface area contributed by atoms with Crippen LogP contribution in [0, 0.1) is 0 Å². The van der Waals surface area contributed by atoms with E-state index in [9.17, 15) is 13.2 Å². The fourth-order valence-electron chi connectivity index (χ4n) is 3.49. The second-order valence-electron chi connectivity index (χ2n) is 7.68. The monoisotopic (exact) mass is 486 g/mol. The van der Waals surface area contributed by atoms with Crippen LogP contribution in [0.15, 0.2) is 68.4 Å². The molecule has 3 aromatic rings. The topological polar surface area (TPSA) is 105 Å². The maximum atomic E-state index is 12.7. The maximum absolute atomic E-state index is 12.7. The predicted molar refractivity (Wildman–Crippen MR) is 127 cm³/mol. The van der Waals surface area contributed by atoms with Crippen LogP contribution in [-0.4, -0.2) is 43.6 Å².